The van der Waals surface area contributed by atoms with Gasteiger partial charge in [0, 0.05) is 159 Å². The maximum atomic E-state index is 14.3. The van der Waals surface area contributed by atoms with Crippen LogP contribution >= 0.6 is 21.6 Å². The normalized spacial score (nSPS) is 25.2. The third kappa shape index (κ3) is 45.6. The minimum absolute atomic E-state index is 0.0146. The highest BCUT2D eigenvalue weighted by Crippen LogP contribution is 2.41. The summed E-state index contributed by atoms with van der Waals surface area (Å²) >= 11 is 0. The van der Waals surface area contributed by atoms with E-state index < -0.39 is 104 Å². The lowest BCUT2D eigenvalue weighted by Gasteiger charge is -2.40. The Bertz CT molecular complexity index is 2650. The van der Waals surface area contributed by atoms with Gasteiger partial charge in [-0.2, -0.15) is 0 Å². The van der Waals surface area contributed by atoms with Gasteiger partial charge in [-0.05, 0) is 134 Å². The van der Waals surface area contributed by atoms with Gasteiger partial charge in [-0.15, -0.1) is 0 Å². The van der Waals surface area contributed by atoms with Gasteiger partial charge in [0.05, 0.1) is 95.5 Å². The fourth-order valence-electron chi connectivity index (χ4n) is 16.2. The van der Waals surface area contributed by atoms with Crippen molar-refractivity contribution in [3.8, 4) is 0 Å². The molecular formula is C88H156N4O28S2. The van der Waals surface area contributed by atoms with E-state index in [2.05, 4.69) is 16.0 Å². The maximum absolute atomic E-state index is 14.3. The van der Waals surface area contributed by atoms with Crippen molar-refractivity contribution in [3.05, 3.63) is 0 Å². The Balaban J connectivity index is 1.25. The second-order valence-corrected chi connectivity index (χ2v) is 36.6. The molecule has 3 saturated heterocycles. The maximum Gasteiger partial charge on any atom is 0.407 e. The van der Waals surface area contributed by atoms with Gasteiger partial charge in [0.2, 0.25) is 17.7 Å². The van der Waals surface area contributed by atoms with Crippen LogP contribution in [0.15, 0.2) is 0 Å². The van der Waals surface area contributed by atoms with Gasteiger partial charge in [0.1, 0.15) is 41.8 Å². The standard InChI is InChI=1S/C88H156N4O28S2/c1-62-71(54-65(58-93)82(107)79(62)104)113-46-23-32-67(96)30-15-9-6-14-22-45-91-87(110)118-51-29-42-88(56-69(98)39-53-122-121-52-26-33-68(97)31-18-19-36-76(101)92-57-70(112-5)55-66(92)61-111-4,40-27-49-114-77(102)37-16-10-7-12-20-43-89-74(99)34-24-47-116-85-63(2)80(105)83(108)72(59-94)119-85)41-28-50-115-78(103)38-17-11-8-13-21-44-90-75(100)35-25-48-117-86-64(3)81(106)84(109)73(60-95)120-86/h62-66,70-73,79-86,93-95,104-109H,6-61H2,1-5H3,(H,89,99)(H,90,100)(H,91,110)/t62?,63?,64?,65?,66-,70+,71?,72?,73?,79?,80?,81?,82?,83?,84?,85?,86?,88?/m1/s1. The average molecular weight is 1780 g/mol. The van der Waals surface area contributed by atoms with Gasteiger partial charge in [-0.25, -0.2) is 4.79 Å². The molecule has 12 N–H and O–H groups in total. The third-order valence-corrected chi connectivity index (χ3v) is 26.5. The predicted octanol–water partition coefficient (Wildman–Crippen LogP) is 8.13. The number of Topliss-reactive ketones (excluding diaryl/α,β-unsaturated/α-hetero) is 3. The number of unbranched alkanes of at least 4 members (excludes halogenated alkanes) is 13. The van der Waals surface area contributed by atoms with Crippen LogP contribution in [0.2, 0.25) is 0 Å². The van der Waals surface area contributed by atoms with Crippen LogP contribution in [0, 0.1) is 29.1 Å². The van der Waals surface area contributed by atoms with E-state index in [1.54, 1.807) is 49.7 Å². The number of ether oxygens (including phenoxy) is 10. The van der Waals surface area contributed by atoms with E-state index in [1.165, 1.54) is 0 Å². The number of aliphatic hydroxyl groups is 9. The highest BCUT2D eigenvalue weighted by atomic mass is 33.1. The first-order valence-electron chi connectivity index (χ1n) is 45.7. The molecule has 4 fully saturated rings. The van der Waals surface area contributed by atoms with Crippen LogP contribution in [0.25, 0.3) is 0 Å². The molecule has 3 heterocycles. The van der Waals surface area contributed by atoms with Crippen molar-refractivity contribution >= 4 is 74.7 Å². The molecule has 0 radical (unpaired) electrons. The molecule has 17 atom stereocenters. The molecule has 0 spiro atoms. The number of methoxy groups -OCH3 is 2. The molecule has 3 aliphatic heterocycles. The van der Waals surface area contributed by atoms with Gasteiger partial charge in [0.15, 0.2) is 12.6 Å². The van der Waals surface area contributed by atoms with E-state index in [1.807, 2.05) is 11.8 Å². The highest BCUT2D eigenvalue weighted by molar-refractivity contribution is 8.76. The summed E-state index contributed by atoms with van der Waals surface area (Å²) in [6.07, 6.45) is 11.4. The van der Waals surface area contributed by atoms with Gasteiger partial charge in [-0.1, -0.05) is 100 Å². The first-order chi connectivity index (χ1) is 58.8. The lowest BCUT2D eigenvalue weighted by Crippen LogP contribution is -2.55. The second-order valence-electron chi connectivity index (χ2n) is 33.9. The Kier molecular flexibility index (Phi) is 59.6. The third-order valence-electron chi connectivity index (χ3n) is 24.0. The zero-order valence-corrected chi connectivity index (χ0v) is 75.6. The van der Waals surface area contributed by atoms with Crippen LogP contribution in [0.5, 0.6) is 0 Å². The number of alkyl carbamates (subject to hydrolysis) is 1. The molecule has 32 nitrogen and oxygen atoms in total. The number of nitrogens with zero attached hydrogens (tertiary/aromatic N) is 1. The lowest BCUT2D eigenvalue weighted by atomic mass is 9.71. The Hall–Kier alpha value is -4.31. The second kappa shape index (κ2) is 66.1. The van der Waals surface area contributed by atoms with E-state index >= 15 is 0 Å². The topological polar surface area (TPSA) is 467 Å². The minimum atomic E-state index is -1.22. The van der Waals surface area contributed by atoms with Crippen molar-refractivity contribution in [1.82, 2.24) is 20.9 Å². The van der Waals surface area contributed by atoms with E-state index in [9.17, 15) is 89.1 Å². The number of esters is 2. The Morgan fingerprint density at radius 2 is 0.852 bits per heavy atom. The molecule has 0 aromatic rings. The monoisotopic (exact) mass is 1780 g/mol. The van der Waals surface area contributed by atoms with E-state index in [4.69, 9.17) is 47.4 Å². The molecule has 0 aromatic carbocycles. The van der Waals surface area contributed by atoms with Gasteiger partial charge in [0.25, 0.3) is 0 Å². The lowest BCUT2D eigenvalue weighted by molar-refractivity contribution is -0.282. The summed E-state index contributed by atoms with van der Waals surface area (Å²) in [5.74, 6) is -1.04. The fourth-order valence-corrected chi connectivity index (χ4v) is 18.3. The van der Waals surface area contributed by atoms with Crippen LogP contribution in [-0.4, -0.2) is 302 Å². The number of hydrogen-bond donors (Lipinski definition) is 12. The number of aliphatic hydroxyl groups excluding tert-OH is 9. The zero-order chi connectivity index (χ0) is 89.3. The first kappa shape index (κ1) is 110. The van der Waals surface area contributed by atoms with E-state index in [0.717, 1.165) is 89.2 Å². The van der Waals surface area contributed by atoms with E-state index in [0.29, 0.717) is 180 Å². The summed E-state index contributed by atoms with van der Waals surface area (Å²) in [7, 11) is 6.47. The van der Waals surface area contributed by atoms with Gasteiger partial charge < -0.3 is 114 Å². The smallest absolute Gasteiger partial charge is 0.407 e. The number of carbonyl (C=O) groups is 9. The molecule has 4 amide bonds. The minimum Gasteiger partial charge on any atom is -0.466 e. The summed E-state index contributed by atoms with van der Waals surface area (Å²) < 4.78 is 56.7. The molecule has 0 bridgehead atoms. The molecule has 1 saturated carbocycles. The molecule has 4 rings (SSSR count). The van der Waals surface area contributed by atoms with Crippen LogP contribution in [0.1, 0.15) is 278 Å². The van der Waals surface area contributed by atoms with Crippen LogP contribution < -0.4 is 16.0 Å². The predicted molar refractivity (Wildman–Crippen MR) is 460 cm³/mol. The average Bonchev–Trinajstić information content (AvgIpc) is 1.43. The fraction of sp³-hybridized carbons (Fsp3) is 0.898. The number of hydrogen-bond acceptors (Lipinski definition) is 30. The molecule has 15 unspecified atom stereocenters. The quantitative estimate of drug-likeness (QED) is 0.0118. The number of likely N-dealkylation sites (tertiary alicyclic amines) is 1. The van der Waals surface area contributed by atoms with Crippen molar-refractivity contribution < 1.29 is 136 Å². The van der Waals surface area contributed by atoms with E-state index in [-0.39, 0.29) is 149 Å². The number of rotatable bonds is 72. The molecule has 122 heavy (non-hydrogen) atoms. The summed E-state index contributed by atoms with van der Waals surface area (Å²) in [6, 6.07) is -0.0164. The highest BCUT2D eigenvalue weighted by Gasteiger charge is 2.45. The molecule has 4 aliphatic rings. The van der Waals surface area contributed by atoms with Crippen molar-refractivity contribution in [2.24, 2.45) is 29.1 Å². The van der Waals surface area contributed by atoms with Crippen LogP contribution in [-0.2, 0) is 85.7 Å². The summed E-state index contributed by atoms with van der Waals surface area (Å²) in [4.78, 5) is 119. The molecule has 0 aromatic heterocycles. The SMILES string of the molecule is COC[C@H]1C[C@H](OC)CN1C(=O)CCCCC(=O)CCCSSCCC(=O)CC(CCCOC(=O)CCCCCCCNC(=O)CCCOC1OC(CO)C(O)C(O)C1C)(CCCOC(=O)CCCCCCCNC(=O)CCCOC1OC(CO)C(O)C(O)C1C)CCCOC(=O)NCCCCCCCC(=O)CCCOC1CC(CO)C(O)C(O)C1C. The number of amides is 4. The van der Waals surface area contributed by atoms with Crippen molar-refractivity contribution in [3.63, 3.8) is 0 Å². The van der Waals surface area contributed by atoms with Gasteiger partial charge in [-0.3, -0.25) is 38.4 Å². The summed E-state index contributed by atoms with van der Waals surface area (Å²) in [5.41, 5.74) is -0.636. The molecule has 1 aliphatic carbocycles. The molecular weight excluding hydrogens is 1630 g/mol. The number of ketones is 3. The summed E-state index contributed by atoms with van der Waals surface area (Å²) in [6.45, 7) is 7.44. The molecule has 708 valence electrons. The van der Waals surface area contributed by atoms with Crippen molar-refractivity contribution in [2.75, 3.05) is 118 Å². The first-order valence-corrected chi connectivity index (χ1v) is 48.2. The Morgan fingerprint density at radius 1 is 0.418 bits per heavy atom. The Labute approximate surface area is 732 Å². The Morgan fingerprint density at radius 3 is 1.36 bits per heavy atom. The largest absolute Gasteiger partial charge is 0.466 e. The van der Waals surface area contributed by atoms with Crippen molar-refractivity contribution in [1.29, 1.82) is 0 Å². The molecule has 34 heteroatoms. The van der Waals surface area contributed by atoms with Crippen LogP contribution in [0.4, 0.5) is 4.79 Å². The number of nitrogens with one attached hydrogen (secondary N) is 3. The number of carbonyl (C=O) groups excluding carboxylic acids is 9. The van der Waals surface area contributed by atoms with Crippen LogP contribution in [0.3, 0.4) is 0 Å². The van der Waals surface area contributed by atoms with Crippen molar-refractivity contribution in [2.45, 2.75) is 357 Å². The zero-order valence-electron chi connectivity index (χ0n) is 74.0. The van der Waals surface area contributed by atoms with Gasteiger partial charge >= 0.3 is 18.0 Å². The summed E-state index contributed by atoms with van der Waals surface area (Å²) in [5, 5.41) is 98.7.